The highest BCUT2D eigenvalue weighted by atomic mass is 16.5. The van der Waals surface area contributed by atoms with E-state index in [0.29, 0.717) is 25.3 Å². The van der Waals surface area contributed by atoms with Gasteiger partial charge in [0.05, 0.1) is 6.54 Å². The molecule has 0 aliphatic rings. The summed E-state index contributed by atoms with van der Waals surface area (Å²) in [5, 5.41) is 9.66. The van der Waals surface area contributed by atoms with Gasteiger partial charge in [-0.3, -0.25) is 4.79 Å². The van der Waals surface area contributed by atoms with Gasteiger partial charge in [0, 0.05) is 18.5 Å². The summed E-state index contributed by atoms with van der Waals surface area (Å²) >= 11 is 0. The molecule has 0 bridgehead atoms. The average Bonchev–Trinajstić information content (AvgIpc) is 2.77. The lowest BCUT2D eigenvalue weighted by molar-refractivity contribution is -0.121. The molecule has 0 aliphatic carbocycles. The van der Waals surface area contributed by atoms with Gasteiger partial charge in [-0.15, -0.1) is 0 Å². The van der Waals surface area contributed by atoms with Crippen molar-refractivity contribution in [2.45, 2.75) is 39.2 Å². The van der Waals surface area contributed by atoms with Gasteiger partial charge in [0.25, 0.3) is 0 Å². The molecule has 1 aromatic heterocycles. The van der Waals surface area contributed by atoms with E-state index in [1.807, 2.05) is 20.8 Å². The molecule has 6 heteroatoms. The number of aromatic nitrogens is 2. The SMILES string of the molecule is CCC(C)(C)NC(=O)CNCCc1ncon1. The zero-order valence-corrected chi connectivity index (χ0v) is 10.6. The van der Waals surface area contributed by atoms with E-state index in [-0.39, 0.29) is 11.4 Å². The van der Waals surface area contributed by atoms with Crippen LogP contribution >= 0.6 is 0 Å². The van der Waals surface area contributed by atoms with Gasteiger partial charge in [-0.1, -0.05) is 12.1 Å². The van der Waals surface area contributed by atoms with Crippen LogP contribution in [-0.2, 0) is 11.2 Å². The topological polar surface area (TPSA) is 80.0 Å². The maximum absolute atomic E-state index is 11.6. The molecular weight excluding hydrogens is 220 g/mol. The van der Waals surface area contributed by atoms with Crippen LogP contribution < -0.4 is 10.6 Å². The predicted octanol–water partition coefficient (Wildman–Crippen LogP) is 0.506. The summed E-state index contributed by atoms with van der Waals surface area (Å²) in [7, 11) is 0. The molecule has 17 heavy (non-hydrogen) atoms. The zero-order chi connectivity index (χ0) is 12.7. The van der Waals surface area contributed by atoms with Crippen LogP contribution in [0.2, 0.25) is 0 Å². The van der Waals surface area contributed by atoms with Crippen molar-refractivity contribution >= 4 is 5.91 Å². The molecule has 0 fully saturated rings. The molecule has 1 heterocycles. The molecule has 0 saturated heterocycles. The first-order valence-corrected chi connectivity index (χ1v) is 5.80. The third-order valence-electron chi connectivity index (χ3n) is 2.58. The van der Waals surface area contributed by atoms with Crippen molar-refractivity contribution < 1.29 is 9.32 Å². The summed E-state index contributed by atoms with van der Waals surface area (Å²) in [5.74, 6) is 0.650. The lowest BCUT2D eigenvalue weighted by Gasteiger charge is -2.24. The maximum Gasteiger partial charge on any atom is 0.234 e. The minimum absolute atomic E-state index is 0.00459. The van der Waals surface area contributed by atoms with Gasteiger partial charge >= 0.3 is 0 Å². The minimum Gasteiger partial charge on any atom is -0.350 e. The van der Waals surface area contributed by atoms with Crippen LogP contribution in [0.5, 0.6) is 0 Å². The van der Waals surface area contributed by atoms with E-state index < -0.39 is 0 Å². The Bertz CT molecular complexity index is 335. The number of hydrogen-bond donors (Lipinski definition) is 2. The van der Waals surface area contributed by atoms with Crippen molar-refractivity contribution in [3.63, 3.8) is 0 Å². The molecular formula is C11H20N4O2. The van der Waals surface area contributed by atoms with Crippen LogP contribution in [0.3, 0.4) is 0 Å². The van der Waals surface area contributed by atoms with Gasteiger partial charge in [0.2, 0.25) is 12.3 Å². The lowest BCUT2D eigenvalue weighted by atomic mass is 10.0. The van der Waals surface area contributed by atoms with E-state index in [0.717, 1.165) is 6.42 Å². The summed E-state index contributed by atoms with van der Waals surface area (Å²) in [6, 6.07) is 0. The molecule has 0 spiro atoms. The fourth-order valence-corrected chi connectivity index (χ4v) is 1.21. The number of amides is 1. The smallest absolute Gasteiger partial charge is 0.234 e. The standard InChI is InChI=1S/C11H20N4O2/c1-4-11(2,3)14-10(16)7-12-6-5-9-13-8-17-15-9/h8,12H,4-7H2,1-3H3,(H,14,16). The van der Waals surface area contributed by atoms with E-state index in [9.17, 15) is 4.79 Å². The molecule has 2 N–H and O–H groups in total. The Morgan fingerprint density at radius 2 is 2.29 bits per heavy atom. The van der Waals surface area contributed by atoms with Gasteiger partial charge in [0.15, 0.2) is 5.82 Å². The number of carbonyl (C=O) groups is 1. The summed E-state index contributed by atoms with van der Waals surface area (Å²) in [4.78, 5) is 15.4. The molecule has 1 amide bonds. The van der Waals surface area contributed by atoms with Crippen LogP contribution in [0.15, 0.2) is 10.9 Å². The van der Waals surface area contributed by atoms with Crippen molar-refractivity contribution in [3.05, 3.63) is 12.2 Å². The van der Waals surface area contributed by atoms with Gasteiger partial charge in [-0.05, 0) is 20.3 Å². The molecule has 0 aliphatic heterocycles. The molecule has 0 atom stereocenters. The lowest BCUT2D eigenvalue weighted by Crippen LogP contribution is -2.46. The van der Waals surface area contributed by atoms with E-state index in [1.165, 1.54) is 6.39 Å². The second kappa shape index (κ2) is 6.34. The quantitative estimate of drug-likeness (QED) is 0.679. The fourth-order valence-electron chi connectivity index (χ4n) is 1.21. The Labute approximate surface area is 101 Å². The molecule has 96 valence electrons. The first-order chi connectivity index (χ1) is 8.03. The number of carbonyl (C=O) groups excluding carboxylic acids is 1. The largest absolute Gasteiger partial charge is 0.350 e. The van der Waals surface area contributed by atoms with E-state index in [1.54, 1.807) is 0 Å². The monoisotopic (exact) mass is 240 g/mol. The van der Waals surface area contributed by atoms with Gasteiger partial charge in [-0.25, -0.2) is 0 Å². The Balaban J connectivity index is 2.12. The Morgan fingerprint density at radius 3 is 2.88 bits per heavy atom. The average molecular weight is 240 g/mol. The molecule has 0 radical (unpaired) electrons. The Hall–Kier alpha value is -1.43. The van der Waals surface area contributed by atoms with Crippen molar-refractivity contribution in [3.8, 4) is 0 Å². The van der Waals surface area contributed by atoms with Crippen molar-refractivity contribution in [1.82, 2.24) is 20.8 Å². The highest BCUT2D eigenvalue weighted by Gasteiger charge is 2.16. The van der Waals surface area contributed by atoms with E-state index in [2.05, 4.69) is 25.3 Å². The first kappa shape index (κ1) is 13.6. The molecule has 0 aromatic carbocycles. The number of nitrogens with one attached hydrogen (secondary N) is 2. The van der Waals surface area contributed by atoms with Crippen LogP contribution in [0.1, 0.15) is 33.0 Å². The Morgan fingerprint density at radius 1 is 1.53 bits per heavy atom. The molecule has 0 unspecified atom stereocenters. The first-order valence-electron chi connectivity index (χ1n) is 5.80. The maximum atomic E-state index is 11.6. The summed E-state index contributed by atoms with van der Waals surface area (Å²) in [6.07, 6.45) is 2.86. The third-order valence-corrected chi connectivity index (χ3v) is 2.58. The number of hydrogen-bond acceptors (Lipinski definition) is 5. The highest BCUT2D eigenvalue weighted by Crippen LogP contribution is 2.05. The Kier molecular flexibility index (Phi) is 5.09. The van der Waals surface area contributed by atoms with Crippen molar-refractivity contribution in [1.29, 1.82) is 0 Å². The number of rotatable bonds is 7. The minimum atomic E-state index is -0.146. The summed E-state index contributed by atoms with van der Waals surface area (Å²) in [6.45, 7) is 7.01. The van der Waals surface area contributed by atoms with Crippen molar-refractivity contribution in [2.24, 2.45) is 0 Å². The zero-order valence-electron chi connectivity index (χ0n) is 10.6. The predicted molar refractivity (Wildman–Crippen MR) is 63.4 cm³/mol. The van der Waals surface area contributed by atoms with Crippen LogP contribution in [0.25, 0.3) is 0 Å². The number of nitrogens with zero attached hydrogens (tertiary/aromatic N) is 2. The van der Waals surface area contributed by atoms with Gasteiger partial charge < -0.3 is 15.2 Å². The van der Waals surface area contributed by atoms with E-state index >= 15 is 0 Å². The molecule has 6 nitrogen and oxygen atoms in total. The molecule has 0 saturated carbocycles. The van der Waals surface area contributed by atoms with Gasteiger partial charge in [-0.2, -0.15) is 4.98 Å². The second-order valence-corrected chi connectivity index (χ2v) is 4.56. The molecule has 1 aromatic rings. The summed E-state index contributed by atoms with van der Waals surface area (Å²) < 4.78 is 4.60. The summed E-state index contributed by atoms with van der Waals surface area (Å²) in [5.41, 5.74) is -0.146. The fraction of sp³-hybridized carbons (Fsp3) is 0.727. The van der Waals surface area contributed by atoms with Crippen molar-refractivity contribution in [2.75, 3.05) is 13.1 Å². The normalized spacial score (nSPS) is 11.5. The van der Waals surface area contributed by atoms with Crippen LogP contribution in [0.4, 0.5) is 0 Å². The highest BCUT2D eigenvalue weighted by molar-refractivity contribution is 5.78. The third kappa shape index (κ3) is 5.44. The molecule has 1 rings (SSSR count). The van der Waals surface area contributed by atoms with Crippen LogP contribution in [0, 0.1) is 0 Å². The second-order valence-electron chi connectivity index (χ2n) is 4.56. The van der Waals surface area contributed by atoms with Crippen LogP contribution in [-0.4, -0.2) is 34.7 Å². The van der Waals surface area contributed by atoms with E-state index in [4.69, 9.17) is 0 Å². The van der Waals surface area contributed by atoms with Gasteiger partial charge in [0.1, 0.15) is 0 Å².